The molecule has 3 rings (SSSR count). The number of non-ortho nitro benzene ring substituents is 1. The highest BCUT2D eigenvalue weighted by atomic mass is 35.5. The van der Waals surface area contributed by atoms with Crippen molar-refractivity contribution in [3.63, 3.8) is 0 Å². The summed E-state index contributed by atoms with van der Waals surface area (Å²) in [6, 6.07) is 6.65. The van der Waals surface area contributed by atoms with Crippen molar-refractivity contribution in [2.45, 2.75) is 0 Å². The number of amides is 2. The van der Waals surface area contributed by atoms with Crippen molar-refractivity contribution in [3.05, 3.63) is 50.5 Å². The fraction of sp³-hybridized carbons (Fsp3) is 0.125. The van der Waals surface area contributed by atoms with E-state index < -0.39 is 16.7 Å². The molecular weight excluding hydrogens is 399 g/mol. The van der Waals surface area contributed by atoms with Gasteiger partial charge >= 0.3 is 0 Å². The Balaban J connectivity index is 1.83. The van der Waals surface area contributed by atoms with Crippen molar-refractivity contribution in [2.75, 3.05) is 29.1 Å². The summed E-state index contributed by atoms with van der Waals surface area (Å²) in [6.45, 7) is -0.659. The molecule has 0 unspecified atom stereocenters. The number of nitrogens with one attached hydrogen (secondary N) is 1. The SMILES string of the molecule is Nc1c(Cl)cc(NC(=O)CN2C(=O)COc3ccc([N+](=O)[O-])cc32)cc1Cl. The molecule has 0 aromatic heterocycles. The van der Waals surface area contributed by atoms with Crippen molar-refractivity contribution < 1.29 is 19.2 Å². The van der Waals surface area contributed by atoms with Gasteiger partial charge in [-0.2, -0.15) is 0 Å². The third-order valence-electron chi connectivity index (χ3n) is 3.76. The van der Waals surface area contributed by atoms with Crippen LogP contribution >= 0.6 is 23.2 Å². The zero-order chi connectivity index (χ0) is 19.7. The Hall–Kier alpha value is -3.04. The van der Waals surface area contributed by atoms with Crippen LogP contribution in [0.5, 0.6) is 5.75 Å². The Kier molecular flexibility index (Phi) is 5.06. The molecule has 3 N–H and O–H groups in total. The van der Waals surface area contributed by atoms with E-state index in [-0.39, 0.29) is 46.0 Å². The quantitative estimate of drug-likeness (QED) is 0.452. The summed E-state index contributed by atoms with van der Waals surface area (Å²) < 4.78 is 5.25. The number of carbonyl (C=O) groups excluding carboxylic acids is 2. The Morgan fingerprint density at radius 2 is 1.96 bits per heavy atom. The van der Waals surface area contributed by atoms with E-state index >= 15 is 0 Å². The Morgan fingerprint density at radius 1 is 1.30 bits per heavy atom. The number of ether oxygens (including phenoxy) is 1. The molecule has 1 heterocycles. The lowest BCUT2D eigenvalue weighted by Gasteiger charge is -2.28. The van der Waals surface area contributed by atoms with Crippen LogP contribution < -0.4 is 20.7 Å². The predicted octanol–water partition coefficient (Wildman–Crippen LogP) is 2.85. The normalized spacial score (nSPS) is 13.0. The van der Waals surface area contributed by atoms with E-state index in [4.69, 9.17) is 33.7 Å². The number of rotatable bonds is 4. The fourth-order valence-electron chi connectivity index (χ4n) is 2.48. The molecule has 27 heavy (non-hydrogen) atoms. The van der Waals surface area contributed by atoms with E-state index in [9.17, 15) is 19.7 Å². The van der Waals surface area contributed by atoms with Gasteiger partial charge in [0, 0.05) is 17.8 Å². The highest BCUT2D eigenvalue weighted by Crippen LogP contribution is 2.35. The van der Waals surface area contributed by atoms with Crippen molar-refractivity contribution >= 4 is 57.8 Å². The lowest BCUT2D eigenvalue weighted by Crippen LogP contribution is -2.43. The van der Waals surface area contributed by atoms with Crippen LogP contribution in [0.1, 0.15) is 0 Å². The molecule has 1 aliphatic heterocycles. The number of carbonyl (C=O) groups is 2. The van der Waals surface area contributed by atoms with Gasteiger partial charge in [-0.15, -0.1) is 0 Å². The summed E-state index contributed by atoms with van der Waals surface area (Å²) in [5.41, 5.74) is 6.03. The molecule has 9 nitrogen and oxygen atoms in total. The van der Waals surface area contributed by atoms with Crippen LogP contribution in [0.4, 0.5) is 22.7 Å². The molecule has 0 bridgehead atoms. The number of nitrogens with two attached hydrogens (primary N) is 1. The van der Waals surface area contributed by atoms with Gasteiger partial charge in [0.15, 0.2) is 6.61 Å². The second kappa shape index (κ2) is 7.29. The molecule has 2 aromatic rings. The maximum Gasteiger partial charge on any atom is 0.271 e. The molecule has 1 aliphatic rings. The maximum atomic E-state index is 12.4. The van der Waals surface area contributed by atoms with Crippen molar-refractivity contribution in [2.24, 2.45) is 0 Å². The Labute approximate surface area is 162 Å². The zero-order valence-electron chi connectivity index (χ0n) is 13.6. The lowest BCUT2D eigenvalue weighted by molar-refractivity contribution is -0.384. The number of fused-ring (bicyclic) bond motifs is 1. The number of hydrogen-bond acceptors (Lipinski definition) is 6. The molecule has 0 aliphatic carbocycles. The smallest absolute Gasteiger partial charge is 0.271 e. The van der Waals surface area contributed by atoms with Crippen molar-refractivity contribution in [3.8, 4) is 5.75 Å². The Morgan fingerprint density at radius 3 is 2.59 bits per heavy atom. The Bertz CT molecular complexity index is 943. The van der Waals surface area contributed by atoms with E-state index in [1.807, 2.05) is 0 Å². The van der Waals surface area contributed by atoms with Gasteiger partial charge in [0.25, 0.3) is 11.6 Å². The number of anilines is 3. The first kappa shape index (κ1) is 18.7. The van der Waals surface area contributed by atoms with Gasteiger partial charge in [-0.1, -0.05) is 23.2 Å². The summed E-state index contributed by atoms with van der Waals surface area (Å²) in [4.78, 5) is 36.0. The third kappa shape index (κ3) is 3.88. The monoisotopic (exact) mass is 410 g/mol. The van der Waals surface area contributed by atoms with Crippen LogP contribution in [-0.2, 0) is 9.59 Å². The summed E-state index contributed by atoms with van der Waals surface area (Å²) in [5.74, 6) is -0.794. The average Bonchev–Trinajstić information content (AvgIpc) is 2.61. The standard InChI is InChI=1S/C16H12Cl2N4O5/c17-10-3-8(4-11(18)16(10)19)20-14(23)6-21-12-5-9(22(25)26)1-2-13(12)27-7-15(21)24/h1-5H,6-7,19H2,(H,20,23). The van der Waals surface area contributed by atoms with Crippen molar-refractivity contribution in [1.29, 1.82) is 0 Å². The van der Waals surface area contributed by atoms with Crippen LogP contribution in [-0.4, -0.2) is 29.9 Å². The second-order valence-electron chi connectivity index (χ2n) is 5.58. The van der Waals surface area contributed by atoms with Gasteiger partial charge in [0.1, 0.15) is 12.3 Å². The first-order chi connectivity index (χ1) is 12.8. The molecule has 140 valence electrons. The highest BCUT2D eigenvalue weighted by Gasteiger charge is 2.29. The van der Waals surface area contributed by atoms with Gasteiger partial charge in [0.05, 0.1) is 26.3 Å². The summed E-state index contributed by atoms with van der Waals surface area (Å²) in [7, 11) is 0. The predicted molar refractivity (Wildman–Crippen MR) is 100 cm³/mol. The minimum atomic E-state index is -0.601. The van der Waals surface area contributed by atoms with Crippen LogP contribution in [0.25, 0.3) is 0 Å². The number of benzene rings is 2. The topological polar surface area (TPSA) is 128 Å². The number of hydrogen-bond donors (Lipinski definition) is 2. The summed E-state index contributed by atoms with van der Waals surface area (Å²) in [6.07, 6.45) is 0. The fourth-order valence-corrected chi connectivity index (χ4v) is 2.97. The molecule has 2 aromatic carbocycles. The van der Waals surface area contributed by atoms with Gasteiger partial charge in [-0.3, -0.25) is 24.6 Å². The molecule has 0 fully saturated rings. The van der Waals surface area contributed by atoms with E-state index in [0.717, 1.165) is 4.90 Å². The van der Waals surface area contributed by atoms with E-state index in [1.54, 1.807) is 0 Å². The first-order valence-corrected chi connectivity index (χ1v) is 8.28. The molecule has 2 amide bonds. The number of nitro groups is 1. The maximum absolute atomic E-state index is 12.4. The van der Waals surface area contributed by atoms with E-state index in [2.05, 4.69) is 5.32 Å². The number of nitrogens with zero attached hydrogens (tertiary/aromatic N) is 2. The molecular formula is C16H12Cl2N4O5. The van der Waals surface area contributed by atoms with Crippen LogP contribution in [0.3, 0.4) is 0 Å². The molecule has 0 radical (unpaired) electrons. The summed E-state index contributed by atoms with van der Waals surface area (Å²) in [5, 5.41) is 13.9. The minimum Gasteiger partial charge on any atom is -0.482 e. The van der Waals surface area contributed by atoms with Gasteiger partial charge in [-0.25, -0.2) is 0 Å². The molecule has 0 atom stereocenters. The summed E-state index contributed by atoms with van der Waals surface area (Å²) >= 11 is 11.9. The molecule has 0 saturated carbocycles. The lowest BCUT2D eigenvalue weighted by atomic mass is 10.2. The molecule has 11 heteroatoms. The second-order valence-corrected chi connectivity index (χ2v) is 6.39. The van der Waals surface area contributed by atoms with Crippen LogP contribution in [0, 0.1) is 10.1 Å². The van der Waals surface area contributed by atoms with Gasteiger partial charge in [0.2, 0.25) is 5.91 Å². The van der Waals surface area contributed by atoms with E-state index in [1.165, 1.54) is 30.3 Å². The van der Waals surface area contributed by atoms with Crippen LogP contribution in [0.15, 0.2) is 30.3 Å². The largest absolute Gasteiger partial charge is 0.482 e. The van der Waals surface area contributed by atoms with Crippen molar-refractivity contribution in [1.82, 2.24) is 0 Å². The van der Waals surface area contributed by atoms with Gasteiger partial charge in [-0.05, 0) is 18.2 Å². The third-order valence-corrected chi connectivity index (χ3v) is 4.39. The highest BCUT2D eigenvalue weighted by molar-refractivity contribution is 6.39. The zero-order valence-corrected chi connectivity index (χ0v) is 15.1. The average molecular weight is 411 g/mol. The number of nitro benzene ring substituents is 1. The first-order valence-electron chi connectivity index (χ1n) is 7.52. The number of halogens is 2. The minimum absolute atomic E-state index is 0.143. The molecule has 0 saturated heterocycles. The van der Waals surface area contributed by atoms with E-state index in [0.29, 0.717) is 5.69 Å². The molecule has 0 spiro atoms. The van der Waals surface area contributed by atoms with Crippen LogP contribution in [0.2, 0.25) is 10.0 Å². The van der Waals surface area contributed by atoms with Gasteiger partial charge < -0.3 is 15.8 Å². The number of nitrogen functional groups attached to an aromatic ring is 1.